The van der Waals surface area contributed by atoms with Crippen LogP contribution in [0, 0.1) is 0 Å². The fourth-order valence-electron chi connectivity index (χ4n) is 2.03. The molecule has 1 aromatic heterocycles. The molecule has 0 bridgehead atoms. The average molecular weight is 221 g/mol. The highest BCUT2D eigenvalue weighted by Crippen LogP contribution is 2.16. The molecule has 0 aliphatic carbocycles. The number of rotatable bonds is 3. The lowest BCUT2D eigenvalue weighted by Gasteiger charge is -2.29. The lowest BCUT2D eigenvalue weighted by molar-refractivity contribution is -0.693. The van der Waals surface area contributed by atoms with Crippen LogP contribution in [-0.2, 0) is 6.54 Å². The summed E-state index contributed by atoms with van der Waals surface area (Å²) in [5.74, 6) is 0.999. The molecule has 16 heavy (non-hydrogen) atoms. The lowest BCUT2D eigenvalue weighted by Crippen LogP contribution is -2.36. The van der Waals surface area contributed by atoms with Crippen molar-refractivity contribution in [1.82, 2.24) is 4.90 Å². The van der Waals surface area contributed by atoms with Crippen LogP contribution in [0.1, 0.15) is 19.8 Å². The van der Waals surface area contributed by atoms with Gasteiger partial charge in [0.2, 0.25) is 0 Å². The molecule has 0 aromatic carbocycles. The van der Waals surface area contributed by atoms with E-state index in [4.69, 9.17) is 4.74 Å². The first-order valence-electron chi connectivity index (χ1n) is 6.12. The summed E-state index contributed by atoms with van der Waals surface area (Å²) in [6.45, 7) is 5.44. The molecule has 2 heterocycles. The Morgan fingerprint density at radius 3 is 2.50 bits per heavy atom. The van der Waals surface area contributed by atoms with Gasteiger partial charge in [-0.15, -0.1) is 0 Å². The Balaban J connectivity index is 1.88. The van der Waals surface area contributed by atoms with Gasteiger partial charge < -0.3 is 9.64 Å². The van der Waals surface area contributed by atoms with Crippen molar-refractivity contribution in [1.29, 1.82) is 0 Å². The van der Waals surface area contributed by atoms with Crippen LogP contribution in [0.3, 0.4) is 0 Å². The molecule has 3 nitrogen and oxygen atoms in total. The van der Waals surface area contributed by atoms with Gasteiger partial charge in [-0.25, -0.2) is 4.57 Å². The van der Waals surface area contributed by atoms with Crippen molar-refractivity contribution in [2.24, 2.45) is 0 Å². The van der Waals surface area contributed by atoms with Crippen LogP contribution in [0.2, 0.25) is 0 Å². The second-order valence-electron chi connectivity index (χ2n) is 4.48. The first-order chi connectivity index (χ1) is 7.78. The molecule has 1 fully saturated rings. The minimum Gasteiger partial charge on any atom is -0.490 e. The summed E-state index contributed by atoms with van der Waals surface area (Å²) in [7, 11) is 2.17. The maximum absolute atomic E-state index is 5.96. The van der Waals surface area contributed by atoms with E-state index in [9.17, 15) is 0 Å². The van der Waals surface area contributed by atoms with Crippen LogP contribution >= 0.6 is 0 Å². The van der Waals surface area contributed by atoms with Crippen molar-refractivity contribution >= 4 is 0 Å². The third kappa shape index (κ3) is 2.95. The minimum atomic E-state index is 0.397. The van der Waals surface area contributed by atoms with Crippen LogP contribution in [0.4, 0.5) is 0 Å². The molecule has 1 saturated heterocycles. The molecule has 1 aliphatic heterocycles. The minimum absolute atomic E-state index is 0.397. The number of hydrogen-bond donors (Lipinski definition) is 0. The molecule has 0 radical (unpaired) electrons. The summed E-state index contributed by atoms with van der Waals surface area (Å²) in [4.78, 5) is 2.36. The Kier molecular flexibility index (Phi) is 3.78. The van der Waals surface area contributed by atoms with Gasteiger partial charge in [0.1, 0.15) is 18.4 Å². The smallest absolute Gasteiger partial charge is 0.172 e. The van der Waals surface area contributed by atoms with Gasteiger partial charge in [0.15, 0.2) is 12.4 Å². The van der Waals surface area contributed by atoms with Gasteiger partial charge >= 0.3 is 0 Å². The van der Waals surface area contributed by atoms with Gasteiger partial charge in [0.25, 0.3) is 0 Å². The topological polar surface area (TPSA) is 16.4 Å². The predicted octanol–water partition coefficient (Wildman–Crippen LogP) is 1.47. The molecule has 2 rings (SSSR count). The average Bonchev–Trinajstić information content (AvgIpc) is 2.33. The zero-order valence-electron chi connectivity index (χ0n) is 10.2. The van der Waals surface area contributed by atoms with E-state index >= 15 is 0 Å². The van der Waals surface area contributed by atoms with E-state index in [2.05, 4.69) is 48.0 Å². The molecule has 1 aromatic rings. The van der Waals surface area contributed by atoms with Gasteiger partial charge in [-0.2, -0.15) is 0 Å². The molecule has 0 atom stereocenters. The zero-order valence-corrected chi connectivity index (χ0v) is 10.2. The summed E-state index contributed by atoms with van der Waals surface area (Å²) in [5.41, 5.74) is 0. The Hall–Kier alpha value is -1.09. The van der Waals surface area contributed by atoms with E-state index in [1.165, 1.54) is 0 Å². The Labute approximate surface area is 97.6 Å². The predicted molar refractivity (Wildman–Crippen MR) is 63.5 cm³/mol. The third-order valence-corrected chi connectivity index (χ3v) is 3.19. The normalized spacial score (nSPS) is 18.6. The largest absolute Gasteiger partial charge is 0.490 e. The van der Waals surface area contributed by atoms with Crippen molar-refractivity contribution < 1.29 is 9.30 Å². The van der Waals surface area contributed by atoms with E-state index in [1.54, 1.807) is 0 Å². The van der Waals surface area contributed by atoms with Crippen molar-refractivity contribution in [2.45, 2.75) is 32.4 Å². The number of hydrogen-bond acceptors (Lipinski definition) is 2. The standard InChI is InChI=1S/C13H21N2O/c1-3-15-10-6-13(7-11-15)16-12-4-8-14(2)9-5-12/h6-7,10-12H,3-5,8-9H2,1-2H3/q+1. The summed E-state index contributed by atoms with van der Waals surface area (Å²) >= 11 is 0. The summed E-state index contributed by atoms with van der Waals surface area (Å²) in [6, 6.07) is 4.11. The van der Waals surface area contributed by atoms with Gasteiger partial charge in [0, 0.05) is 25.2 Å². The van der Waals surface area contributed by atoms with E-state index in [0.717, 1.165) is 38.2 Å². The molecule has 88 valence electrons. The highest BCUT2D eigenvalue weighted by molar-refractivity contribution is 5.15. The number of nitrogens with zero attached hydrogens (tertiary/aromatic N) is 2. The van der Waals surface area contributed by atoms with Gasteiger partial charge in [-0.1, -0.05) is 0 Å². The summed E-state index contributed by atoms with van der Waals surface area (Å²) in [5, 5.41) is 0. The van der Waals surface area contributed by atoms with Crippen LogP contribution in [-0.4, -0.2) is 31.1 Å². The lowest BCUT2D eigenvalue weighted by atomic mass is 10.1. The SMILES string of the molecule is CC[n+]1ccc(OC2CCN(C)CC2)cc1. The Morgan fingerprint density at radius 2 is 1.94 bits per heavy atom. The molecule has 0 saturated carbocycles. The van der Waals surface area contributed by atoms with E-state index in [-0.39, 0.29) is 0 Å². The first-order valence-corrected chi connectivity index (χ1v) is 6.12. The molecule has 0 unspecified atom stereocenters. The molecular formula is C13H21N2O+. The van der Waals surface area contributed by atoms with Crippen molar-refractivity contribution in [3.63, 3.8) is 0 Å². The van der Waals surface area contributed by atoms with Gasteiger partial charge in [-0.05, 0) is 26.8 Å². The Morgan fingerprint density at radius 1 is 1.31 bits per heavy atom. The number of pyridine rings is 1. The van der Waals surface area contributed by atoms with E-state index < -0.39 is 0 Å². The second-order valence-corrected chi connectivity index (χ2v) is 4.48. The number of likely N-dealkylation sites (tertiary alicyclic amines) is 1. The maximum Gasteiger partial charge on any atom is 0.172 e. The van der Waals surface area contributed by atoms with E-state index in [0.29, 0.717) is 6.10 Å². The maximum atomic E-state index is 5.96. The number of aryl methyl sites for hydroxylation is 1. The number of ether oxygens (including phenoxy) is 1. The van der Waals surface area contributed by atoms with Crippen LogP contribution in [0.5, 0.6) is 5.75 Å². The third-order valence-electron chi connectivity index (χ3n) is 3.19. The van der Waals surface area contributed by atoms with Crippen LogP contribution in [0.15, 0.2) is 24.5 Å². The van der Waals surface area contributed by atoms with Gasteiger partial charge in [-0.3, -0.25) is 0 Å². The van der Waals surface area contributed by atoms with Crippen molar-refractivity contribution in [2.75, 3.05) is 20.1 Å². The summed E-state index contributed by atoms with van der Waals surface area (Å²) < 4.78 is 8.10. The number of piperidine rings is 1. The highest BCUT2D eigenvalue weighted by Gasteiger charge is 2.18. The van der Waals surface area contributed by atoms with Crippen LogP contribution < -0.4 is 9.30 Å². The van der Waals surface area contributed by atoms with E-state index in [1.807, 2.05) is 0 Å². The fourth-order valence-corrected chi connectivity index (χ4v) is 2.03. The quantitative estimate of drug-likeness (QED) is 0.719. The zero-order chi connectivity index (χ0) is 11.4. The first kappa shape index (κ1) is 11.4. The Bertz CT molecular complexity index is 315. The molecular weight excluding hydrogens is 200 g/mol. The monoisotopic (exact) mass is 221 g/mol. The molecule has 0 N–H and O–H groups in total. The van der Waals surface area contributed by atoms with Crippen LogP contribution in [0.25, 0.3) is 0 Å². The molecule has 1 aliphatic rings. The summed E-state index contributed by atoms with van der Waals surface area (Å²) in [6.07, 6.45) is 6.82. The second kappa shape index (κ2) is 5.30. The molecule has 0 amide bonds. The van der Waals surface area contributed by atoms with Crippen molar-refractivity contribution in [3.8, 4) is 5.75 Å². The molecule has 0 spiro atoms. The number of aromatic nitrogens is 1. The highest BCUT2D eigenvalue weighted by atomic mass is 16.5. The van der Waals surface area contributed by atoms with Gasteiger partial charge in [0.05, 0.1) is 0 Å². The van der Waals surface area contributed by atoms with Crippen molar-refractivity contribution in [3.05, 3.63) is 24.5 Å². The molecule has 3 heteroatoms. The fraction of sp³-hybridized carbons (Fsp3) is 0.615.